The van der Waals surface area contributed by atoms with Crippen molar-refractivity contribution in [2.45, 2.75) is 0 Å². The molecule has 0 bridgehead atoms. The molecular formula is C22H18ClF2N3O4S. The van der Waals surface area contributed by atoms with Crippen molar-refractivity contribution < 1.29 is 27.8 Å². The zero-order valence-electron chi connectivity index (χ0n) is 17.4. The number of rotatable bonds is 6. The Bertz CT molecular complexity index is 1200. The minimum absolute atomic E-state index is 0.272. The number of carbonyl (C=O) groups excluding carboxylic acids is 2. The fraction of sp³-hybridized carbons (Fsp3) is 0.0909. The first-order valence-corrected chi connectivity index (χ1v) is 10.1. The predicted octanol–water partition coefficient (Wildman–Crippen LogP) is 5.77. The smallest absolute Gasteiger partial charge is 0.336 e. The van der Waals surface area contributed by atoms with Crippen LogP contribution in [0, 0.1) is 11.6 Å². The quantitative estimate of drug-likeness (QED) is 0.381. The number of hydrogen-bond donors (Lipinski definition) is 3. The zero-order chi connectivity index (χ0) is 24.1. The van der Waals surface area contributed by atoms with Gasteiger partial charge in [-0.3, -0.25) is 4.79 Å². The van der Waals surface area contributed by atoms with Gasteiger partial charge in [-0.15, -0.1) is 0 Å². The SMILES string of the molecule is COc1cc(OC)c(NC(=O)N(S)c2ccc(NC(=O)c3cc(F)ccc3F)cc2)cc1Cl. The van der Waals surface area contributed by atoms with Gasteiger partial charge < -0.3 is 20.1 Å². The molecule has 0 aliphatic rings. The van der Waals surface area contributed by atoms with E-state index in [1.165, 1.54) is 50.6 Å². The number of benzene rings is 3. The van der Waals surface area contributed by atoms with Gasteiger partial charge in [0, 0.05) is 11.8 Å². The van der Waals surface area contributed by atoms with Crippen LogP contribution < -0.4 is 24.4 Å². The zero-order valence-corrected chi connectivity index (χ0v) is 19.0. The third kappa shape index (κ3) is 5.65. The maximum Gasteiger partial charge on any atom is 0.336 e. The summed E-state index contributed by atoms with van der Waals surface area (Å²) < 4.78 is 38.5. The molecule has 0 aliphatic heterocycles. The number of ether oxygens (including phenoxy) is 2. The number of urea groups is 1. The molecule has 0 heterocycles. The number of hydrogen-bond acceptors (Lipinski definition) is 5. The van der Waals surface area contributed by atoms with E-state index >= 15 is 0 Å². The van der Waals surface area contributed by atoms with Crippen molar-refractivity contribution in [3.63, 3.8) is 0 Å². The molecule has 0 spiro atoms. The van der Waals surface area contributed by atoms with E-state index in [-0.39, 0.29) is 5.02 Å². The van der Waals surface area contributed by atoms with Crippen molar-refractivity contribution >= 4 is 53.4 Å². The van der Waals surface area contributed by atoms with Crippen LogP contribution >= 0.6 is 24.4 Å². The highest BCUT2D eigenvalue weighted by atomic mass is 35.5. The highest BCUT2D eigenvalue weighted by Gasteiger charge is 2.18. The Morgan fingerprint density at radius 3 is 2.24 bits per heavy atom. The average molecular weight is 494 g/mol. The molecular weight excluding hydrogens is 476 g/mol. The van der Waals surface area contributed by atoms with Crippen LogP contribution in [0.25, 0.3) is 0 Å². The van der Waals surface area contributed by atoms with E-state index in [0.717, 1.165) is 22.5 Å². The van der Waals surface area contributed by atoms with Crippen LogP contribution in [-0.4, -0.2) is 26.2 Å². The van der Waals surface area contributed by atoms with Crippen molar-refractivity contribution in [3.05, 3.63) is 76.8 Å². The van der Waals surface area contributed by atoms with Gasteiger partial charge >= 0.3 is 6.03 Å². The molecule has 2 N–H and O–H groups in total. The van der Waals surface area contributed by atoms with Crippen molar-refractivity contribution in [1.82, 2.24) is 0 Å². The number of halogens is 3. The summed E-state index contributed by atoms with van der Waals surface area (Å²) in [6.07, 6.45) is 0. The molecule has 0 saturated heterocycles. The molecule has 0 saturated carbocycles. The summed E-state index contributed by atoms with van der Waals surface area (Å²) in [5.41, 5.74) is 0.539. The third-order valence-electron chi connectivity index (χ3n) is 4.45. The first-order valence-electron chi connectivity index (χ1n) is 9.31. The van der Waals surface area contributed by atoms with E-state index in [9.17, 15) is 18.4 Å². The topological polar surface area (TPSA) is 79.9 Å². The molecule has 0 aromatic heterocycles. The lowest BCUT2D eigenvalue weighted by Gasteiger charge is -2.19. The van der Waals surface area contributed by atoms with Crippen LogP contribution in [0.3, 0.4) is 0 Å². The second-order valence-electron chi connectivity index (χ2n) is 6.55. The van der Waals surface area contributed by atoms with Gasteiger partial charge in [-0.2, -0.15) is 0 Å². The minimum Gasteiger partial charge on any atom is -0.495 e. The van der Waals surface area contributed by atoms with Gasteiger partial charge in [-0.25, -0.2) is 17.9 Å². The summed E-state index contributed by atoms with van der Waals surface area (Å²) in [5, 5.41) is 5.36. The predicted molar refractivity (Wildman–Crippen MR) is 126 cm³/mol. The molecule has 33 heavy (non-hydrogen) atoms. The molecule has 3 rings (SSSR count). The normalized spacial score (nSPS) is 10.4. The minimum atomic E-state index is -0.849. The lowest BCUT2D eigenvalue weighted by atomic mass is 10.2. The number of nitrogens with zero attached hydrogens (tertiary/aromatic N) is 1. The summed E-state index contributed by atoms with van der Waals surface area (Å²) in [6, 6.07) is 10.9. The molecule has 0 aliphatic carbocycles. The number of anilines is 3. The fourth-order valence-corrected chi connectivity index (χ4v) is 3.22. The fourth-order valence-electron chi connectivity index (χ4n) is 2.80. The average Bonchev–Trinajstić information content (AvgIpc) is 2.80. The van der Waals surface area contributed by atoms with E-state index in [1.807, 2.05) is 0 Å². The Labute approximate surface area is 198 Å². The lowest BCUT2D eigenvalue weighted by Crippen LogP contribution is -2.27. The van der Waals surface area contributed by atoms with Crippen LogP contribution in [-0.2, 0) is 0 Å². The number of amides is 3. The van der Waals surface area contributed by atoms with Crippen molar-refractivity contribution in [3.8, 4) is 11.5 Å². The molecule has 3 aromatic rings. The van der Waals surface area contributed by atoms with Crippen LogP contribution in [0.15, 0.2) is 54.6 Å². The molecule has 3 amide bonds. The Morgan fingerprint density at radius 2 is 1.61 bits per heavy atom. The van der Waals surface area contributed by atoms with E-state index < -0.39 is 29.1 Å². The van der Waals surface area contributed by atoms with Crippen molar-refractivity contribution in [2.75, 3.05) is 29.2 Å². The van der Waals surface area contributed by atoms with Crippen LogP contribution in [0.5, 0.6) is 11.5 Å². The maximum absolute atomic E-state index is 13.8. The highest BCUT2D eigenvalue weighted by molar-refractivity contribution is 7.82. The summed E-state index contributed by atoms with van der Waals surface area (Å²) in [6.45, 7) is 0. The lowest BCUT2D eigenvalue weighted by molar-refractivity contribution is 0.102. The summed E-state index contributed by atoms with van der Waals surface area (Å²) in [7, 11) is 2.88. The highest BCUT2D eigenvalue weighted by Crippen LogP contribution is 2.36. The van der Waals surface area contributed by atoms with Gasteiger partial charge in [0.2, 0.25) is 0 Å². The molecule has 0 unspecified atom stereocenters. The van der Waals surface area contributed by atoms with Crippen molar-refractivity contribution in [1.29, 1.82) is 0 Å². The summed E-state index contributed by atoms with van der Waals surface area (Å²) in [4.78, 5) is 24.8. The van der Waals surface area contributed by atoms with Crippen LogP contribution in [0.2, 0.25) is 5.02 Å². The second-order valence-corrected chi connectivity index (χ2v) is 7.36. The second kappa shape index (κ2) is 10.4. The molecule has 0 atom stereocenters. The van der Waals surface area contributed by atoms with Gasteiger partial charge in [-0.1, -0.05) is 24.4 Å². The molecule has 172 valence electrons. The number of carbonyl (C=O) groups is 2. The number of thiol groups is 1. The van der Waals surface area contributed by atoms with E-state index in [2.05, 4.69) is 23.4 Å². The molecule has 11 heteroatoms. The Morgan fingerprint density at radius 1 is 0.939 bits per heavy atom. The van der Waals surface area contributed by atoms with Gasteiger partial charge in [0.1, 0.15) is 23.1 Å². The van der Waals surface area contributed by atoms with Gasteiger partial charge in [0.15, 0.2) is 0 Å². The molecule has 0 fully saturated rings. The van der Waals surface area contributed by atoms with Crippen LogP contribution in [0.1, 0.15) is 10.4 Å². The van der Waals surface area contributed by atoms with Crippen molar-refractivity contribution in [2.24, 2.45) is 0 Å². The van der Waals surface area contributed by atoms with Gasteiger partial charge in [-0.05, 0) is 48.5 Å². The van der Waals surface area contributed by atoms with Crippen LogP contribution in [0.4, 0.5) is 30.6 Å². The van der Waals surface area contributed by atoms with Gasteiger partial charge in [0.25, 0.3) is 5.91 Å². The number of nitrogens with one attached hydrogen (secondary N) is 2. The third-order valence-corrected chi connectivity index (χ3v) is 5.16. The van der Waals surface area contributed by atoms with E-state index in [0.29, 0.717) is 28.6 Å². The van der Waals surface area contributed by atoms with Gasteiger partial charge in [0.05, 0.1) is 36.2 Å². The molecule has 0 radical (unpaired) electrons. The molecule has 7 nitrogen and oxygen atoms in total. The van der Waals surface area contributed by atoms with E-state index in [1.54, 1.807) is 0 Å². The monoisotopic (exact) mass is 493 g/mol. The Hall–Kier alpha value is -3.50. The standard InChI is InChI=1S/C22H18ClF2N3O4S/c1-31-19-11-20(32-2)18(10-16(19)23)27-22(30)28(33)14-6-4-13(5-7-14)26-21(29)15-9-12(24)3-8-17(15)25/h3-11,33H,1-2H3,(H,26,29)(H,27,30). The Kier molecular flexibility index (Phi) is 7.62. The first kappa shape index (κ1) is 24.1. The summed E-state index contributed by atoms with van der Waals surface area (Å²) in [5.74, 6) is -1.69. The summed E-state index contributed by atoms with van der Waals surface area (Å²) >= 11 is 10.3. The first-order chi connectivity index (χ1) is 15.7. The maximum atomic E-state index is 13.8. The molecule has 3 aromatic carbocycles. The largest absolute Gasteiger partial charge is 0.495 e. The van der Waals surface area contributed by atoms with E-state index in [4.69, 9.17) is 21.1 Å². The Balaban J connectivity index is 1.70. The number of methoxy groups -OCH3 is 2.